The number of fused-ring (bicyclic) bond motifs is 1. The number of ether oxygens (including phenoxy) is 1. The van der Waals surface area contributed by atoms with Crippen LogP contribution in [0.2, 0.25) is 0 Å². The van der Waals surface area contributed by atoms with Gasteiger partial charge in [-0.05, 0) is 26.2 Å². The van der Waals surface area contributed by atoms with Crippen molar-refractivity contribution >= 4 is 5.97 Å². The van der Waals surface area contributed by atoms with Crippen LogP contribution in [0, 0.1) is 6.92 Å². The summed E-state index contributed by atoms with van der Waals surface area (Å²) in [6.07, 6.45) is 2.81. The van der Waals surface area contributed by atoms with E-state index < -0.39 is 5.97 Å². The van der Waals surface area contributed by atoms with E-state index in [-0.39, 0.29) is 12.5 Å². The average molecular weight is 238 g/mol. The lowest BCUT2D eigenvalue weighted by Gasteiger charge is -2.23. The van der Waals surface area contributed by atoms with Crippen LogP contribution in [0.25, 0.3) is 0 Å². The Morgan fingerprint density at radius 1 is 1.65 bits per heavy atom. The molecule has 0 amide bonds. The summed E-state index contributed by atoms with van der Waals surface area (Å²) in [6, 6.07) is 0. The zero-order valence-electron chi connectivity index (χ0n) is 10.3. The lowest BCUT2D eigenvalue weighted by atomic mass is 10.1. The molecule has 0 aliphatic carbocycles. The molecule has 1 aliphatic heterocycles. The molecule has 1 unspecified atom stereocenters. The van der Waals surface area contributed by atoms with Gasteiger partial charge >= 0.3 is 5.97 Å². The highest BCUT2D eigenvalue weighted by atomic mass is 16.5. The average Bonchev–Trinajstić information content (AvgIpc) is 2.62. The molecule has 5 nitrogen and oxygen atoms in total. The Kier molecular flexibility index (Phi) is 3.47. The van der Waals surface area contributed by atoms with Gasteiger partial charge in [-0.3, -0.25) is 4.79 Å². The Morgan fingerprint density at radius 2 is 2.41 bits per heavy atom. The standard InChI is InChI=1S/C12H18N2O3/c1-8-9(5-6-11(15)16)14-7-3-4-10(17-2)12(14)13-8/h10H,3-7H2,1-2H3,(H,15,16). The Morgan fingerprint density at radius 3 is 3.06 bits per heavy atom. The van der Waals surface area contributed by atoms with E-state index in [9.17, 15) is 4.79 Å². The van der Waals surface area contributed by atoms with Crippen molar-refractivity contribution in [3.63, 3.8) is 0 Å². The fourth-order valence-electron chi connectivity index (χ4n) is 2.45. The van der Waals surface area contributed by atoms with Crippen molar-refractivity contribution < 1.29 is 14.6 Å². The van der Waals surface area contributed by atoms with Crippen molar-refractivity contribution in [1.82, 2.24) is 9.55 Å². The van der Waals surface area contributed by atoms with Crippen LogP contribution < -0.4 is 0 Å². The second-order valence-electron chi connectivity index (χ2n) is 4.41. The first-order chi connectivity index (χ1) is 8.13. The minimum absolute atomic E-state index is 0.0565. The van der Waals surface area contributed by atoms with Crippen LogP contribution in [0.1, 0.15) is 42.6 Å². The molecule has 17 heavy (non-hydrogen) atoms. The maximum atomic E-state index is 10.6. The number of carboxylic acids is 1. The van der Waals surface area contributed by atoms with Gasteiger partial charge in [0.1, 0.15) is 11.9 Å². The van der Waals surface area contributed by atoms with Crippen LogP contribution in [0.4, 0.5) is 0 Å². The van der Waals surface area contributed by atoms with Gasteiger partial charge in [-0.1, -0.05) is 0 Å². The van der Waals surface area contributed by atoms with Crippen LogP contribution in [0.5, 0.6) is 0 Å². The van der Waals surface area contributed by atoms with E-state index in [2.05, 4.69) is 9.55 Å². The van der Waals surface area contributed by atoms with Gasteiger partial charge in [0, 0.05) is 19.3 Å². The molecule has 0 fully saturated rings. The summed E-state index contributed by atoms with van der Waals surface area (Å²) in [4.78, 5) is 15.2. The van der Waals surface area contributed by atoms with E-state index in [0.717, 1.165) is 36.6 Å². The molecule has 0 spiro atoms. The van der Waals surface area contributed by atoms with Crippen molar-refractivity contribution in [3.05, 3.63) is 17.2 Å². The molecule has 5 heteroatoms. The van der Waals surface area contributed by atoms with Crippen molar-refractivity contribution in [2.45, 2.75) is 45.3 Å². The zero-order valence-corrected chi connectivity index (χ0v) is 10.3. The fraction of sp³-hybridized carbons (Fsp3) is 0.667. The molecule has 0 aromatic carbocycles. The van der Waals surface area contributed by atoms with Gasteiger partial charge in [-0.25, -0.2) is 4.98 Å². The Balaban J connectivity index is 2.27. The zero-order chi connectivity index (χ0) is 12.4. The number of aromatic nitrogens is 2. The number of methoxy groups -OCH3 is 1. The number of aryl methyl sites for hydroxylation is 1. The smallest absolute Gasteiger partial charge is 0.303 e. The predicted molar refractivity (Wildman–Crippen MR) is 61.9 cm³/mol. The van der Waals surface area contributed by atoms with Gasteiger partial charge in [0.05, 0.1) is 12.1 Å². The summed E-state index contributed by atoms with van der Waals surface area (Å²) in [5.41, 5.74) is 1.98. The normalized spacial score (nSPS) is 19.1. The van der Waals surface area contributed by atoms with Gasteiger partial charge in [0.2, 0.25) is 0 Å². The first-order valence-corrected chi connectivity index (χ1v) is 5.94. The molecular weight excluding hydrogens is 220 g/mol. The quantitative estimate of drug-likeness (QED) is 0.867. The molecule has 1 aliphatic rings. The highest BCUT2D eigenvalue weighted by Crippen LogP contribution is 2.29. The number of imidazole rings is 1. The number of nitrogens with zero attached hydrogens (tertiary/aromatic N) is 2. The number of carbonyl (C=O) groups is 1. The van der Waals surface area contributed by atoms with Gasteiger partial charge in [0.15, 0.2) is 0 Å². The monoisotopic (exact) mass is 238 g/mol. The topological polar surface area (TPSA) is 64.4 Å². The first kappa shape index (κ1) is 12.1. The van der Waals surface area contributed by atoms with E-state index in [0.29, 0.717) is 6.42 Å². The fourth-order valence-corrected chi connectivity index (χ4v) is 2.45. The second kappa shape index (κ2) is 4.87. The second-order valence-corrected chi connectivity index (χ2v) is 4.41. The Labute approximate surface area is 100 Å². The molecule has 2 rings (SSSR count). The number of hydrogen-bond acceptors (Lipinski definition) is 3. The highest BCUT2D eigenvalue weighted by molar-refractivity contribution is 5.67. The molecule has 0 saturated heterocycles. The van der Waals surface area contributed by atoms with Crippen LogP contribution in [0.15, 0.2) is 0 Å². The number of carboxylic acid groups (broad SMARTS) is 1. The number of aliphatic carboxylic acids is 1. The van der Waals surface area contributed by atoms with Crippen LogP contribution in [-0.4, -0.2) is 27.7 Å². The van der Waals surface area contributed by atoms with Gasteiger partial charge in [-0.2, -0.15) is 0 Å². The van der Waals surface area contributed by atoms with Crippen molar-refractivity contribution in [2.75, 3.05) is 7.11 Å². The third-order valence-electron chi connectivity index (χ3n) is 3.30. The van der Waals surface area contributed by atoms with Crippen molar-refractivity contribution in [2.24, 2.45) is 0 Å². The van der Waals surface area contributed by atoms with E-state index in [1.54, 1.807) is 7.11 Å². The van der Waals surface area contributed by atoms with E-state index >= 15 is 0 Å². The summed E-state index contributed by atoms with van der Waals surface area (Å²) in [7, 11) is 1.70. The molecule has 0 bridgehead atoms. The van der Waals surface area contributed by atoms with E-state index in [1.807, 2.05) is 6.92 Å². The third kappa shape index (κ3) is 2.34. The molecule has 0 saturated carbocycles. The summed E-state index contributed by atoms with van der Waals surface area (Å²) in [5, 5.41) is 8.75. The Bertz CT molecular complexity index is 426. The largest absolute Gasteiger partial charge is 0.481 e. The minimum atomic E-state index is -0.765. The number of rotatable bonds is 4. The van der Waals surface area contributed by atoms with Crippen LogP contribution in [0.3, 0.4) is 0 Å². The molecule has 2 heterocycles. The lowest BCUT2D eigenvalue weighted by Crippen LogP contribution is -2.19. The molecule has 1 N–H and O–H groups in total. The number of hydrogen-bond donors (Lipinski definition) is 1. The molecule has 0 radical (unpaired) electrons. The third-order valence-corrected chi connectivity index (χ3v) is 3.30. The van der Waals surface area contributed by atoms with Gasteiger partial charge in [-0.15, -0.1) is 0 Å². The maximum Gasteiger partial charge on any atom is 0.303 e. The summed E-state index contributed by atoms with van der Waals surface area (Å²) >= 11 is 0. The summed E-state index contributed by atoms with van der Waals surface area (Å²) in [5.74, 6) is 0.190. The van der Waals surface area contributed by atoms with Gasteiger partial charge < -0.3 is 14.4 Å². The summed E-state index contributed by atoms with van der Waals surface area (Å²) < 4.78 is 7.55. The molecule has 1 aromatic heterocycles. The van der Waals surface area contributed by atoms with E-state index in [1.165, 1.54) is 0 Å². The van der Waals surface area contributed by atoms with Crippen LogP contribution in [-0.2, 0) is 22.5 Å². The molecule has 1 atom stereocenters. The summed E-state index contributed by atoms with van der Waals surface area (Å²) in [6.45, 7) is 2.86. The maximum absolute atomic E-state index is 10.6. The molecule has 1 aromatic rings. The lowest BCUT2D eigenvalue weighted by molar-refractivity contribution is -0.136. The van der Waals surface area contributed by atoms with Gasteiger partial charge in [0.25, 0.3) is 0 Å². The SMILES string of the molecule is COC1CCCn2c1nc(C)c2CCC(=O)O. The van der Waals surface area contributed by atoms with E-state index in [4.69, 9.17) is 9.84 Å². The van der Waals surface area contributed by atoms with Crippen LogP contribution >= 0.6 is 0 Å². The first-order valence-electron chi connectivity index (χ1n) is 5.94. The predicted octanol–water partition coefficient (Wildman–Crippen LogP) is 1.69. The van der Waals surface area contributed by atoms with Crippen molar-refractivity contribution in [1.29, 1.82) is 0 Å². The highest BCUT2D eigenvalue weighted by Gasteiger charge is 2.25. The minimum Gasteiger partial charge on any atom is -0.481 e. The van der Waals surface area contributed by atoms with Crippen molar-refractivity contribution in [3.8, 4) is 0 Å². The molecular formula is C12H18N2O3. The Hall–Kier alpha value is -1.36. The molecule has 94 valence electrons.